The first-order chi connectivity index (χ1) is 10.2. The molecule has 110 valence electrons. The summed E-state index contributed by atoms with van der Waals surface area (Å²) >= 11 is 0. The molecule has 1 amide bonds. The smallest absolute Gasteiger partial charge is 0.232 e. The lowest BCUT2D eigenvalue weighted by atomic mass is 9.95. The number of aryl methyl sites for hydroxylation is 1. The molecule has 0 radical (unpaired) electrons. The van der Waals surface area contributed by atoms with Crippen LogP contribution < -0.4 is 10.1 Å². The summed E-state index contributed by atoms with van der Waals surface area (Å²) < 4.78 is 5.31. The Morgan fingerprint density at radius 1 is 1.19 bits per heavy atom. The maximum absolute atomic E-state index is 12.6. The van der Waals surface area contributed by atoms with Gasteiger partial charge in [0.05, 0.1) is 18.7 Å². The zero-order valence-electron chi connectivity index (χ0n) is 12.7. The largest absolute Gasteiger partial charge is 0.495 e. The molecule has 0 saturated carbocycles. The van der Waals surface area contributed by atoms with E-state index in [1.54, 1.807) is 7.11 Å². The zero-order chi connectivity index (χ0) is 15.2. The second-order valence-electron chi connectivity index (χ2n) is 5.06. The third-order valence-corrected chi connectivity index (χ3v) is 3.54. The summed E-state index contributed by atoms with van der Waals surface area (Å²) in [6.07, 6.45) is 0.754. The number of carbonyl (C=O) groups is 1. The monoisotopic (exact) mass is 283 g/mol. The maximum atomic E-state index is 12.6. The van der Waals surface area contributed by atoms with Crippen LogP contribution in [0.5, 0.6) is 5.75 Å². The SMILES string of the molecule is CC[C@@H](C(=O)Nc1cc(C)ccc1OC)c1ccccc1. The van der Waals surface area contributed by atoms with E-state index in [1.807, 2.05) is 62.4 Å². The molecule has 3 nitrogen and oxygen atoms in total. The van der Waals surface area contributed by atoms with E-state index in [0.29, 0.717) is 5.75 Å². The number of hydrogen-bond acceptors (Lipinski definition) is 2. The van der Waals surface area contributed by atoms with E-state index in [-0.39, 0.29) is 11.8 Å². The molecule has 0 unspecified atom stereocenters. The molecule has 3 heteroatoms. The lowest BCUT2D eigenvalue weighted by molar-refractivity contribution is -0.117. The molecule has 0 heterocycles. The van der Waals surface area contributed by atoms with Gasteiger partial charge in [-0.15, -0.1) is 0 Å². The second-order valence-corrected chi connectivity index (χ2v) is 5.06. The molecule has 2 aromatic carbocycles. The molecule has 0 saturated heterocycles. The van der Waals surface area contributed by atoms with Gasteiger partial charge in [0, 0.05) is 0 Å². The van der Waals surface area contributed by atoms with E-state index < -0.39 is 0 Å². The van der Waals surface area contributed by atoms with Crippen molar-refractivity contribution in [3.63, 3.8) is 0 Å². The molecule has 0 aliphatic carbocycles. The Bertz CT molecular complexity index is 608. The van der Waals surface area contributed by atoms with Gasteiger partial charge in [0.15, 0.2) is 0 Å². The van der Waals surface area contributed by atoms with Crippen molar-refractivity contribution >= 4 is 11.6 Å². The van der Waals surface area contributed by atoms with Gasteiger partial charge in [-0.1, -0.05) is 43.3 Å². The summed E-state index contributed by atoms with van der Waals surface area (Å²) in [5.41, 5.74) is 2.83. The number of ether oxygens (including phenoxy) is 1. The highest BCUT2D eigenvalue weighted by Gasteiger charge is 2.19. The number of amides is 1. The molecule has 1 atom stereocenters. The van der Waals surface area contributed by atoms with Crippen LogP contribution in [0.2, 0.25) is 0 Å². The minimum atomic E-state index is -0.156. The molecule has 0 bridgehead atoms. The van der Waals surface area contributed by atoms with Gasteiger partial charge in [0.25, 0.3) is 0 Å². The molecule has 0 aliphatic rings. The number of hydrogen-bond donors (Lipinski definition) is 1. The van der Waals surface area contributed by atoms with Crippen LogP contribution in [0.1, 0.15) is 30.4 Å². The number of nitrogens with one attached hydrogen (secondary N) is 1. The first kappa shape index (κ1) is 15.1. The summed E-state index contributed by atoms with van der Waals surface area (Å²) in [6, 6.07) is 15.6. The molecule has 0 aliphatic heterocycles. The molecule has 0 spiro atoms. The second kappa shape index (κ2) is 6.93. The fourth-order valence-electron chi connectivity index (χ4n) is 2.40. The van der Waals surface area contributed by atoms with Crippen molar-refractivity contribution in [1.29, 1.82) is 0 Å². The molecule has 0 fully saturated rings. The van der Waals surface area contributed by atoms with E-state index in [4.69, 9.17) is 4.74 Å². The highest BCUT2D eigenvalue weighted by molar-refractivity contribution is 5.97. The van der Waals surface area contributed by atoms with Crippen LogP contribution >= 0.6 is 0 Å². The molecule has 2 rings (SSSR count). The van der Waals surface area contributed by atoms with E-state index in [9.17, 15) is 4.79 Å². The van der Waals surface area contributed by atoms with Crippen LogP contribution in [-0.2, 0) is 4.79 Å². The zero-order valence-corrected chi connectivity index (χ0v) is 12.7. The Kier molecular flexibility index (Phi) is 4.99. The Morgan fingerprint density at radius 3 is 2.52 bits per heavy atom. The van der Waals surface area contributed by atoms with Crippen LogP contribution in [0.25, 0.3) is 0 Å². The minimum absolute atomic E-state index is 0.00685. The standard InChI is InChI=1S/C18H21NO2/c1-4-15(14-8-6-5-7-9-14)18(20)19-16-12-13(2)10-11-17(16)21-3/h5-12,15H,4H2,1-3H3,(H,19,20)/t15-/m1/s1. The van der Waals surface area contributed by atoms with Gasteiger partial charge < -0.3 is 10.1 Å². The molecular weight excluding hydrogens is 262 g/mol. The molecular formula is C18H21NO2. The highest BCUT2D eigenvalue weighted by atomic mass is 16.5. The molecule has 21 heavy (non-hydrogen) atoms. The van der Waals surface area contributed by atoms with Crippen LogP contribution in [-0.4, -0.2) is 13.0 Å². The Balaban J connectivity index is 2.22. The normalized spacial score (nSPS) is 11.8. The molecule has 1 N–H and O–H groups in total. The van der Waals surface area contributed by atoms with Crippen LogP contribution in [0.15, 0.2) is 48.5 Å². The lowest BCUT2D eigenvalue weighted by Crippen LogP contribution is -2.21. The van der Waals surface area contributed by atoms with E-state index in [2.05, 4.69) is 5.32 Å². The highest BCUT2D eigenvalue weighted by Crippen LogP contribution is 2.28. The fraction of sp³-hybridized carbons (Fsp3) is 0.278. The first-order valence-electron chi connectivity index (χ1n) is 7.16. The Morgan fingerprint density at radius 2 is 1.90 bits per heavy atom. The van der Waals surface area contributed by atoms with Crippen molar-refractivity contribution in [3.05, 3.63) is 59.7 Å². The number of rotatable bonds is 5. The predicted octanol–water partition coefficient (Wildman–Crippen LogP) is 4.14. The first-order valence-corrected chi connectivity index (χ1v) is 7.16. The van der Waals surface area contributed by atoms with Gasteiger partial charge in [-0.05, 0) is 36.6 Å². The van der Waals surface area contributed by atoms with Crippen LogP contribution in [0, 0.1) is 6.92 Å². The van der Waals surface area contributed by atoms with Gasteiger partial charge in [-0.3, -0.25) is 4.79 Å². The number of anilines is 1. The van der Waals surface area contributed by atoms with Crippen molar-refractivity contribution in [3.8, 4) is 5.75 Å². The summed E-state index contributed by atoms with van der Waals surface area (Å²) in [4.78, 5) is 12.6. The fourth-order valence-corrected chi connectivity index (χ4v) is 2.40. The Hall–Kier alpha value is -2.29. The third-order valence-electron chi connectivity index (χ3n) is 3.54. The summed E-state index contributed by atoms with van der Waals surface area (Å²) in [5, 5.41) is 2.99. The van der Waals surface area contributed by atoms with Crippen molar-refractivity contribution in [2.45, 2.75) is 26.2 Å². The van der Waals surface area contributed by atoms with Gasteiger partial charge in [0.2, 0.25) is 5.91 Å². The van der Waals surface area contributed by atoms with Crippen molar-refractivity contribution in [1.82, 2.24) is 0 Å². The number of benzene rings is 2. The average molecular weight is 283 g/mol. The van der Waals surface area contributed by atoms with Gasteiger partial charge in [0.1, 0.15) is 5.75 Å². The quantitative estimate of drug-likeness (QED) is 0.895. The minimum Gasteiger partial charge on any atom is -0.495 e. The number of carbonyl (C=O) groups excluding carboxylic acids is 1. The van der Waals surface area contributed by atoms with Crippen LogP contribution in [0.3, 0.4) is 0 Å². The molecule has 0 aromatic heterocycles. The van der Waals surface area contributed by atoms with E-state index in [1.165, 1.54) is 0 Å². The van der Waals surface area contributed by atoms with Gasteiger partial charge in [-0.25, -0.2) is 0 Å². The lowest BCUT2D eigenvalue weighted by Gasteiger charge is -2.17. The Labute approximate surface area is 126 Å². The van der Waals surface area contributed by atoms with Crippen molar-refractivity contribution < 1.29 is 9.53 Å². The topological polar surface area (TPSA) is 38.3 Å². The average Bonchev–Trinajstić information content (AvgIpc) is 2.49. The maximum Gasteiger partial charge on any atom is 0.232 e. The van der Waals surface area contributed by atoms with E-state index >= 15 is 0 Å². The van der Waals surface area contributed by atoms with E-state index in [0.717, 1.165) is 23.2 Å². The predicted molar refractivity (Wildman–Crippen MR) is 85.8 cm³/mol. The van der Waals surface area contributed by atoms with Crippen molar-refractivity contribution in [2.75, 3.05) is 12.4 Å². The summed E-state index contributed by atoms with van der Waals surface area (Å²) in [6.45, 7) is 4.01. The van der Waals surface area contributed by atoms with Crippen molar-refractivity contribution in [2.24, 2.45) is 0 Å². The summed E-state index contributed by atoms with van der Waals surface area (Å²) in [7, 11) is 1.61. The summed E-state index contributed by atoms with van der Waals surface area (Å²) in [5.74, 6) is 0.515. The number of methoxy groups -OCH3 is 1. The van der Waals surface area contributed by atoms with Crippen LogP contribution in [0.4, 0.5) is 5.69 Å². The van der Waals surface area contributed by atoms with Gasteiger partial charge in [-0.2, -0.15) is 0 Å². The molecule has 2 aromatic rings. The third kappa shape index (κ3) is 3.63. The van der Waals surface area contributed by atoms with Gasteiger partial charge >= 0.3 is 0 Å².